The highest BCUT2D eigenvalue weighted by Gasteiger charge is 2.25. The predicted molar refractivity (Wildman–Crippen MR) is 104 cm³/mol. The molecule has 0 aromatic carbocycles. The van der Waals surface area contributed by atoms with Crippen LogP contribution in [0.15, 0.2) is 35.9 Å². The summed E-state index contributed by atoms with van der Waals surface area (Å²) in [6.45, 7) is 9.68. The molecule has 0 radical (unpaired) electrons. The highest BCUT2D eigenvalue weighted by molar-refractivity contribution is 6.14. The molecule has 0 atom stereocenters. The quantitative estimate of drug-likeness (QED) is 0.792. The molecule has 0 spiro atoms. The molecule has 2 aromatic heterocycles. The van der Waals surface area contributed by atoms with E-state index in [0.29, 0.717) is 25.2 Å². The molecule has 1 aliphatic rings. The van der Waals surface area contributed by atoms with E-state index in [2.05, 4.69) is 51.7 Å². The summed E-state index contributed by atoms with van der Waals surface area (Å²) in [6.07, 6.45) is 11.3. The van der Waals surface area contributed by atoms with Gasteiger partial charge >= 0.3 is 0 Å². The molecule has 0 N–H and O–H groups in total. The third kappa shape index (κ3) is 3.70. The number of hydrogen-bond acceptors (Lipinski definition) is 4. The largest absolute Gasteiger partial charge is 0.329 e. The van der Waals surface area contributed by atoms with Crippen molar-refractivity contribution in [2.45, 2.75) is 39.8 Å². The Bertz CT molecular complexity index is 785. The Kier molecular flexibility index (Phi) is 5.23. The second kappa shape index (κ2) is 7.41. The van der Waals surface area contributed by atoms with Gasteiger partial charge in [-0.1, -0.05) is 0 Å². The Labute approximate surface area is 154 Å². The molecule has 1 saturated heterocycles. The van der Waals surface area contributed by atoms with Crippen molar-refractivity contribution in [1.29, 1.82) is 0 Å². The maximum Gasteiger partial charge on any atom is 0.187 e. The van der Waals surface area contributed by atoms with Crippen molar-refractivity contribution < 1.29 is 4.79 Å². The number of nitrogens with zero attached hydrogens (tertiary/aromatic N) is 5. The molecule has 0 saturated carbocycles. The average Bonchev–Trinajstić information content (AvgIpc) is 3.20. The van der Waals surface area contributed by atoms with Crippen molar-refractivity contribution in [2.24, 2.45) is 0 Å². The van der Waals surface area contributed by atoms with Crippen LogP contribution in [0.4, 0.5) is 0 Å². The van der Waals surface area contributed by atoms with Crippen LogP contribution in [-0.2, 0) is 4.79 Å². The second-order valence-corrected chi connectivity index (χ2v) is 7.41. The minimum atomic E-state index is 0.0831. The lowest BCUT2D eigenvalue weighted by Crippen LogP contribution is -2.34. The summed E-state index contributed by atoms with van der Waals surface area (Å²) in [7, 11) is 2.03. The summed E-state index contributed by atoms with van der Waals surface area (Å²) >= 11 is 0. The van der Waals surface area contributed by atoms with Gasteiger partial charge in [0.05, 0.1) is 0 Å². The molecule has 1 aliphatic heterocycles. The molecule has 0 bridgehead atoms. The molecular formula is C20H27N5O. The number of ketones is 1. The van der Waals surface area contributed by atoms with Crippen LogP contribution in [0.2, 0.25) is 0 Å². The summed E-state index contributed by atoms with van der Waals surface area (Å²) < 4.78 is 4.15. The van der Waals surface area contributed by atoms with E-state index in [1.165, 1.54) is 0 Å². The van der Waals surface area contributed by atoms with Crippen LogP contribution in [-0.4, -0.2) is 49.9 Å². The van der Waals surface area contributed by atoms with Gasteiger partial charge in [0.15, 0.2) is 5.78 Å². The van der Waals surface area contributed by atoms with Crippen LogP contribution in [0.3, 0.4) is 0 Å². The molecule has 138 valence electrons. The summed E-state index contributed by atoms with van der Waals surface area (Å²) in [4.78, 5) is 24.0. The number of hydrogen-bond donors (Lipinski definition) is 0. The molecule has 3 rings (SSSR count). The molecule has 2 aromatic rings. The number of carbonyl (C=O) groups is 1. The summed E-state index contributed by atoms with van der Waals surface area (Å²) in [5.74, 6) is 1.73. The Morgan fingerprint density at radius 2 is 1.31 bits per heavy atom. The lowest BCUT2D eigenvalue weighted by Gasteiger charge is -2.26. The van der Waals surface area contributed by atoms with Gasteiger partial charge in [-0.3, -0.25) is 9.69 Å². The SMILES string of the molecule is CC(C)n1ccnc1/C=C1\CN(C)C/C(=C\c2nccn2C(C)C)C1=O. The van der Waals surface area contributed by atoms with Gasteiger partial charge in [-0.05, 0) is 46.9 Å². The van der Waals surface area contributed by atoms with E-state index in [0.717, 1.165) is 22.8 Å². The van der Waals surface area contributed by atoms with E-state index in [4.69, 9.17) is 0 Å². The Balaban J connectivity index is 1.96. The van der Waals surface area contributed by atoms with Gasteiger partial charge < -0.3 is 9.13 Å². The van der Waals surface area contributed by atoms with Crippen molar-refractivity contribution in [3.63, 3.8) is 0 Å². The highest BCUT2D eigenvalue weighted by atomic mass is 16.1. The minimum absolute atomic E-state index is 0.0831. The molecule has 0 aliphatic carbocycles. The van der Waals surface area contributed by atoms with Crippen molar-refractivity contribution in [3.05, 3.63) is 47.6 Å². The number of piperidine rings is 1. The van der Waals surface area contributed by atoms with Crippen LogP contribution in [0.25, 0.3) is 12.2 Å². The normalized spacial score (nSPS) is 19.4. The molecule has 6 nitrogen and oxygen atoms in total. The molecule has 0 unspecified atom stereocenters. The number of imidazole rings is 2. The van der Waals surface area contributed by atoms with Crippen molar-refractivity contribution in [2.75, 3.05) is 20.1 Å². The number of carbonyl (C=O) groups excluding carboxylic acids is 1. The molecular weight excluding hydrogens is 326 g/mol. The molecule has 6 heteroatoms. The maximum atomic E-state index is 13.0. The number of likely N-dealkylation sites (N-methyl/N-ethyl adjacent to an activating group) is 1. The van der Waals surface area contributed by atoms with Crippen LogP contribution in [0.1, 0.15) is 51.4 Å². The summed E-state index contributed by atoms with van der Waals surface area (Å²) in [5, 5.41) is 0. The predicted octanol–water partition coefficient (Wildman–Crippen LogP) is 3.22. The third-order valence-electron chi connectivity index (χ3n) is 4.58. The fourth-order valence-electron chi connectivity index (χ4n) is 3.27. The Hall–Kier alpha value is -2.47. The lowest BCUT2D eigenvalue weighted by molar-refractivity contribution is -0.113. The monoisotopic (exact) mass is 353 g/mol. The zero-order valence-corrected chi connectivity index (χ0v) is 16.2. The van der Waals surface area contributed by atoms with Crippen LogP contribution < -0.4 is 0 Å². The van der Waals surface area contributed by atoms with E-state index in [-0.39, 0.29) is 5.78 Å². The molecule has 26 heavy (non-hydrogen) atoms. The van der Waals surface area contributed by atoms with Gasteiger partial charge in [-0.15, -0.1) is 0 Å². The molecule has 3 heterocycles. The Morgan fingerprint density at radius 1 is 0.885 bits per heavy atom. The van der Waals surface area contributed by atoms with E-state index >= 15 is 0 Å². The van der Waals surface area contributed by atoms with Crippen LogP contribution in [0, 0.1) is 0 Å². The topological polar surface area (TPSA) is 56.0 Å². The number of Topliss-reactive ketones (excluding diaryl/α,β-unsaturated/α-hetero) is 1. The maximum absolute atomic E-state index is 13.0. The molecule has 1 fully saturated rings. The first-order valence-electron chi connectivity index (χ1n) is 9.07. The fraction of sp³-hybridized carbons (Fsp3) is 0.450. The first-order chi connectivity index (χ1) is 12.4. The van der Waals surface area contributed by atoms with E-state index < -0.39 is 0 Å². The highest BCUT2D eigenvalue weighted by Crippen LogP contribution is 2.22. The summed E-state index contributed by atoms with van der Waals surface area (Å²) in [6, 6.07) is 0.601. The summed E-state index contributed by atoms with van der Waals surface area (Å²) in [5.41, 5.74) is 1.53. The third-order valence-corrected chi connectivity index (χ3v) is 4.58. The van der Waals surface area contributed by atoms with Gasteiger partial charge in [0, 0.05) is 61.1 Å². The second-order valence-electron chi connectivity index (χ2n) is 7.41. The van der Waals surface area contributed by atoms with Crippen molar-refractivity contribution in [3.8, 4) is 0 Å². The number of aromatic nitrogens is 4. The molecule has 0 amide bonds. The average molecular weight is 353 g/mol. The van der Waals surface area contributed by atoms with Crippen molar-refractivity contribution >= 4 is 17.9 Å². The van der Waals surface area contributed by atoms with E-state index in [1.54, 1.807) is 12.4 Å². The van der Waals surface area contributed by atoms with Gasteiger partial charge in [0.2, 0.25) is 0 Å². The van der Waals surface area contributed by atoms with Gasteiger partial charge in [0.1, 0.15) is 11.6 Å². The van der Waals surface area contributed by atoms with Gasteiger partial charge in [0.25, 0.3) is 0 Å². The van der Waals surface area contributed by atoms with Crippen LogP contribution >= 0.6 is 0 Å². The van der Waals surface area contributed by atoms with Gasteiger partial charge in [-0.25, -0.2) is 9.97 Å². The van der Waals surface area contributed by atoms with Crippen molar-refractivity contribution in [1.82, 2.24) is 24.0 Å². The van der Waals surface area contributed by atoms with Crippen LogP contribution in [0.5, 0.6) is 0 Å². The zero-order valence-electron chi connectivity index (χ0n) is 16.2. The smallest absolute Gasteiger partial charge is 0.187 e. The zero-order chi connectivity index (χ0) is 18.8. The number of likely N-dealkylation sites (tertiary alicyclic amines) is 1. The standard InChI is InChI=1S/C20H27N5O/c1-14(2)24-8-6-21-18(24)10-16-12-23(5)13-17(20(16)26)11-19-22-7-9-25(19)15(3)4/h6-11,14-15H,12-13H2,1-5H3/b16-10+,17-11+. The van der Waals surface area contributed by atoms with E-state index in [1.807, 2.05) is 31.6 Å². The van der Waals surface area contributed by atoms with E-state index in [9.17, 15) is 4.79 Å². The lowest BCUT2D eigenvalue weighted by atomic mass is 9.97. The first kappa shape index (κ1) is 18.3. The Morgan fingerprint density at radius 3 is 1.69 bits per heavy atom. The minimum Gasteiger partial charge on any atom is -0.329 e. The fourth-order valence-corrected chi connectivity index (χ4v) is 3.27. The van der Waals surface area contributed by atoms with Gasteiger partial charge in [-0.2, -0.15) is 0 Å². The number of rotatable bonds is 4. The first-order valence-corrected chi connectivity index (χ1v) is 9.07.